The van der Waals surface area contributed by atoms with Crippen molar-refractivity contribution >= 4 is 0 Å². The summed E-state index contributed by atoms with van der Waals surface area (Å²) in [7, 11) is 0. The van der Waals surface area contributed by atoms with E-state index < -0.39 is 0 Å². The Balaban J connectivity index is 2.66. The standard InChI is InChI=1S/C13H21NO/c1-10(2)11-7-6-8-12(14-11)15-9-13(3,4)5/h6-8,10H,9H2,1-5H3. The molecular weight excluding hydrogens is 186 g/mol. The van der Waals surface area contributed by atoms with Crippen LogP contribution in [0.25, 0.3) is 0 Å². The Kier molecular flexibility index (Phi) is 3.72. The molecule has 15 heavy (non-hydrogen) atoms. The van der Waals surface area contributed by atoms with Crippen molar-refractivity contribution in [3.63, 3.8) is 0 Å². The van der Waals surface area contributed by atoms with Crippen molar-refractivity contribution in [2.45, 2.75) is 40.5 Å². The van der Waals surface area contributed by atoms with Crippen LogP contribution in [0.2, 0.25) is 0 Å². The van der Waals surface area contributed by atoms with Crippen molar-refractivity contribution in [1.29, 1.82) is 0 Å². The van der Waals surface area contributed by atoms with E-state index in [0.29, 0.717) is 12.5 Å². The molecule has 2 heteroatoms. The van der Waals surface area contributed by atoms with Gasteiger partial charge in [0.1, 0.15) is 0 Å². The lowest BCUT2D eigenvalue weighted by atomic mass is 9.99. The molecule has 0 saturated carbocycles. The molecule has 0 amide bonds. The first-order chi connectivity index (χ1) is 6.88. The van der Waals surface area contributed by atoms with Gasteiger partial charge in [-0.1, -0.05) is 40.7 Å². The van der Waals surface area contributed by atoms with E-state index in [2.05, 4.69) is 39.6 Å². The van der Waals surface area contributed by atoms with Crippen LogP contribution in [-0.4, -0.2) is 11.6 Å². The highest BCUT2D eigenvalue weighted by Gasteiger charge is 2.11. The monoisotopic (exact) mass is 207 g/mol. The molecule has 0 bridgehead atoms. The number of rotatable bonds is 3. The Morgan fingerprint density at radius 3 is 2.47 bits per heavy atom. The molecule has 0 aromatic carbocycles. The summed E-state index contributed by atoms with van der Waals surface area (Å²) in [5.41, 5.74) is 1.26. The average Bonchev–Trinajstić information content (AvgIpc) is 2.14. The van der Waals surface area contributed by atoms with E-state index >= 15 is 0 Å². The molecule has 0 unspecified atom stereocenters. The summed E-state index contributed by atoms with van der Waals surface area (Å²) < 4.78 is 5.65. The van der Waals surface area contributed by atoms with Crippen molar-refractivity contribution in [3.8, 4) is 5.88 Å². The number of nitrogens with zero attached hydrogens (tertiary/aromatic N) is 1. The fraction of sp³-hybridized carbons (Fsp3) is 0.615. The Morgan fingerprint density at radius 1 is 1.27 bits per heavy atom. The fourth-order valence-electron chi connectivity index (χ4n) is 1.12. The smallest absolute Gasteiger partial charge is 0.213 e. The first-order valence-electron chi connectivity index (χ1n) is 5.48. The van der Waals surface area contributed by atoms with Crippen molar-refractivity contribution in [2.75, 3.05) is 6.61 Å². The third-order valence-corrected chi connectivity index (χ3v) is 1.99. The predicted octanol–water partition coefficient (Wildman–Crippen LogP) is 3.63. The normalized spacial score (nSPS) is 11.9. The first kappa shape index (κ1) is 12.0. The van der Waals surface area contributed by atoms with Gasteiger partial charge in [-0.3, -0.25) is 0 Å². The molecule has 1 aromatic heterocycles. The molecular formula is C13H21NO. The summed E-state index contributed by atoms with van der Waals surface area (Å²) in [6, 6.07) is 5.95. The number of pyridine rings is 1. The second kappa shape index (κ2) is 4.65. The molecule has 84 valence electrons. The fourth-order valence-corrected chi connectivity index (χ4v) is 1.12. The molecule has 1 rings (SSSR count). The Hall–Kier alpha value is -1.05. The molecule has 0 aliphatic heterocycles. The largest absolute Gasteiger partial charge is 0.477 e. The van der Waals surface area contributed by atoms with Gasteiger partial charge in [-0.25, -0.2) is 4.98 Å². The molecule has 0 fully saturated rings. The van der Waals surface area contributed by atoms with Crippen molar-refractivity contribution in [2.24, 2.45) is 5.41 Å². The molecule has 0 aliphatic rings. The molecule has 2 nitrogen and oxygen atoms in total. The minimum atomic E-state index is 0.176. The lowest BCUT2D eigenvalue weighted by molar-refractivity contribution is 0.191. The summed E-state index contributed by atoms with van der Waals surface area (Å²) in [4.78, 5) is 4.45. The van der Waals surface area contributed by atoms with Crippen LogP contribution in [-0.2, 0) is 0 Å². The Labute approximate surface area is 92.7 Å². The maximum absolute atomic E-state index is 5.65. The summed E-state index contributed by atoms with van der Waals surface area (Å²) in [5, 5.41) is 0. The number of aromatic nitrogens is 1. The number of ether oxygens (including phenoxy) is 1. The van der Waals surface area contributed by atoms with Gasteiger partial charge in [0.25, 0.3) is 0 Å². The molecule has 1 aromatic rings. The molecule has 0 radical (unpaired) electrons. The molecule has 0 saturated heterocycles. The highest BCUT2D eigenvalue weighted by atomic mass is 16.5. The van der Waals surface area contributed by atoms with Crippen LogP contribution >= 0.6 is 0 Å². The molecule has 0 spiro atoms. The van der Waals surface area contributed by atoms with E-state index in [1.54, 1.807) is 0 Å². The van der Waals surface area contributed by atoms with E-state index in [9.17, 15) is 0 Å². The van der Waals surface area contributed by atoms with Crippen LogP contribution < -0.4 is 4.74 Å². The second-order valence-corrected chi connectivity index (χ2v) is 5.40. The highest BCUT2D eigenvalue weighted by molar-refractivity contribution is 5.17. The summed E-state index contributed by atoms with van der Waals surface area (Å²) in [6.45, 7) is 11.4. The van der Waals surface area contributed by atoms with Crippen molar-refractivity contribution in [3.05, 3.63) is 23.9 Å². The zero-order valence-electron chi connectivity index (χ0n) is 10.4. The number of hydrogen-bond acceptors (Lipinski definition) is 2. The van der Waals surface area contributed by atoms with E-state index in [-0.39, 0.29) is 5.41 Å². The van der Waals surface area contributed by atoms with Gasteiger partial charge in [0.2, 0.25) is 5.88 Å². The van der Waals surface area contributed by atoms with Gasteiger partial charge in [0, 0.05) is 11.8 Å². The van der Waals surface area contributed by atoms with E-state index in [0.717, 1.165) is 11.6 Å². The van der Waals surface area contributed by atoms with Crippen LogP contribution in [0.1, 0.15) is 46.2 Å². The van der Waals surface area contributed by atoms with Crippen LogP contribution in [0.15, 0.2) is 18.2 Å². The SMILES string of the molecule is CC(C)c1cccc(OCC(C)(C)C)n1. The van der Waals surface area contributed by atoms with E-state index in [4.69, 9.17) is 4.74 Å². The lowest BCUT2D eigenvalue weighted by Gasteiger charge is -2.18. The van der Waals surface area contributed by atoms with E-state index in [1.807, 2.05) is 18.2 Å². The second-order valence-electron chi connectivity index (χ2n) is 5.40. The average molecular weight is 207 g/mol. The zero-order valence-corrected chi connectivity index (χ0v) is 10.4. The topological polar surface area (TPSA) is 22.1 Å². The van der Waals surface area contributed by atoms with Gasteiger partial charge in [0.05, 0.1) is 6.61 Å². The molecule has 1 heterocycles. The first-order valence-corrected chi connectivity index (χ1v) is 5.48. The van der Waals surface area contributed by atoms with Crippen molar-refractivity contribution in [1.82, 2.24) is 4.98 Å². The quantitative estimate of drug-likeness (QED) is 0.755. The maximum atomic E-state index is 5.65. The summed E-state index contributed by atoms with van der Waals surface area (Å²) in [5.74, 6) is 1.18. The Bertz CT molecular complexity index is 313. The van der Waals surface area contributed by atoms with Crippen LogP contribution in [0.5, 0.6) is 5.88 Å². The number of hydrogen-bond donors (Lipinski definition) is 0. The highest BCUT2D eigenvalue weighted by Crippen LogP contribution is 2.18. The van der Waals surface area contributed by atoms with Crippen LogP contribution in [0, 0.1) is 5.41 Å². The molecule has 0 N–H and O–H groups in total. The zero-order chi connectivity index (χ0) is 11.5. The van der Waals surface area contributed by atoms with Gasteiger partial charge in [0.15, 0.2) is 0 Å². The third-order valence-electron chi connectivity index (χ3n) is 1.99. The summed E-state index contributed by atoms with van der Waals surface area (Å²) >= 11 is 0. The molecule has 0 atom stereocenters. The van der Waals surface area contributed by atoms with Gasteiger partial charge >= 0.3 is 0 Å². The van der Waals surface area contributed by atoms with Gasteiger partial charge in [-0.15, -0.1) is 0 Å². The minimum absolute atomic E-state index is 0.176. The van der Waals surface area contributed by atoms with Gasteiger partial charge in [-0.2, -0.15) is 0 Å². The Morgan fingerprint density at radius 2 is 1.93 bits per heavy atom. The van der Waals surface area contributed by atoms with Crippen molar-refractivity contribution < 1.29 is 4.74 Å². The van der Waals surface area contributed by atoms with Crippen LogP contribution in [0.3, 0.4) is 0 Å². The third kappa shape index (κ3) is 4.32. The minimum Gasteiger partial charge on any atom is -0.477 e. The van der Waals surface area contributed by atoms with Gasteiger partial charge < -0.3 is 4.74 Å². The predicted molar refractivity (Wildman–Crippen MR) is 63.3 cm³/mol. The van der Waals surface area contributed by atoms with Crippen LogP contribution in [0.4, 0.5) is 0 Å². The maximum Gasteiger partial charge on any atom is 0.213 e. The molecule has 0 aliphatic carbocycles. The van der Waals surface area contributed by atoms with Gasteiger partial charge in [-0.05, 0) is 17.4 Å². The lowest BCUT2D eigenvalue weighted by Crippen LogP contribution is -2.17. The van der Waals surface area contributed by atoms with E-state index in [1.165, 1.54) is 0 Å². The summed E-state index contributed by atoms with van der Waals surface area (Å²) in [6.07, 6.45) is 0.